The number of fused-ring (bicyclic) bond motifs is 5. The van der Waals surface area contributed by atoms with Crippen molar-refractivity contribution in [1.82, 2.24) is 4.98 Å². The van der Waals surface area contributed by atoms with Crippen LogP contribution < -0.4 is 10.6 Å². The highest BCUT2D eigenvalue weighted by atomic mass is 35.5. The van der Waals surface area contributed by atoms with Gasteiger partial charge in [0, 0.05) is 16.3 Å². The van der Waals surface area contributed by atoms with Crippen LogP contribution >= 0.6 is 11.6 Å². The lowest BCUT2D eigenvalue weighted by molar-refractivity contribution is 0.474. The number of hydrogen-bond acceptors (Lipinski definition) is 4. The average Bonchev–Trinajstić information content (AvgIpc) is 3.72. The summed E-state index contributed by atoms with van der Waals surface area (Å²) in [5.74, 6) is 0. The number of nitrogens with zero attached hydrogens (tertiary/aromatic N) is 3. The molecule has 0 spiro atoms. The van der Waals surface area contributed by atoms with E-state index in [4.69, 9.17) is 26.6 Å². The Morgan fingerprint density at radius 1 is 0.628 bits per heavy atom. The van der Waals surface area contributed by atoms with Crippen LogP contribution in [0.25, 0.3) is 17.2 Å². The maximum absolute atomic E-state index is 9.63. The average molecular weight is 595 g/mol. The summed E-state index contributed by atoms with van der Waals surface area (Å²) in [5, 5.41) is 11.9. The molecule has 0 unspecified atom stereocenters. The fourth-order valence-corrected chi connectivity index (χ4v) is 7.21. The first-order valence-electron chi connectivity index (χ1n) is 15.9. The molecule has 0 saturated carbocycles. The summed E-state index contributed by atoms with van der Waals surface area (Å²) in [6, 6.07) is 0. The van der Waals surface area contributed by atoms with Crippen molar-refractivity contribution in [2.75, 3.05) is 0 Å². The van der Waals surface area contributed by atoms with Crippen LogP contribution in [0.1, 0.15) is 98.2 Å². The standard InChI is InChI=1S/C37H43ClN4O/c1-8-21-22(9-2)30-18-32-25(12-5)26(13-6)34(41-32)20-36-37(28(38)15-16-43)27(14-7)35(42-36)19-33-24(11-4)23(10-3)31(40-33)17-29(21)39-30/h15-20,42-43H,8-14H2,1-7H3/b16-15-,29-17?,32-18?,33-19?,36-20?,37-28-. The van der Waals surface area contributed by atoms with Crippen LogP contribution in [-0.4, -0.2) is 27.2 Å². The molecular weight excluding hydrogens is 552 g/mol. The highest BCUT2D eigenvalue weighted by Crippen LogP contribution is 2.37. The molecule has 43 heavy (non-hydrogen) atoms. The van der Waals surface area contributed by atoms with Crippen LogP contribution in [0.15, 0.2) is 90.0 Å². The van der Waals surface area contributed by atoms with Gasteiger partial charge >= 0.3 is 0 Å². The van der Waals surface area contributed by atoms with E-state index in [1.165, 1.54) is 33.4 Å². The second kappa shape index (κ2) is 12.9. The zero-order chi connectivity index (χ0) is 30.8. The number of H-pyrrole nitrogens is 1. The molecule has 0 aliphatic carbocycles. The van der Waals surface area contributed by atoms with Crippen LogP contribution in [0.4, 0.5) is 0 Å². The van der Waals surface area contributed by atoms with Crippen molar-refractivity contribution in [1.29, 1.82) is 0 Å². The van der Waals surface area contributed by atoms with Gasteiger partial charge in [0.2, 0.25) is 0 Å². The number of aliphatic hydroxyl groups is 1. The molecule has 0 radical (unpaired) electrons. The molecule has 8 bridgehead atoms. The number of aromatic amines is 1. The fourth-order valence-electron chi connectivity index (χ4n) is 6.94. The predicted octanol–water partition coefficient (Wildman–Crippen LogP) is 8.61. The van der Waals surface area contributed by atoms with E-state index in [2.05, 4.69) is 77.8 Å². The number of aliphatic imine (C=N–C) groups is 3. The summed E-state index contributed by atoms with van der Waals surface area (Å²) < 4.78 is 0. The molecule has 5 heterocycles. The first-order valence-corrected chi connectivity index (χ1v) is 16.3. The van der Waals surface area contributed by atoms with E-state index in [9.17, 15) is 5.11 Å². The smallest absolute Gasteiger partial charge is 0.0806 e. The van der Waals surface area contributed by atoms with Gasteiger partial charge in [-0.3, -0.25) is 0 Å². The molecule has 0 aromatic carbocycles. The molecular formula is C37H43ClN4O. The highest BCUT2D eigenvalue weighted by Gasteiger charge is 2.27. The summed E-state index contributed by atoms with van der Waals surface area (Å²) in [6.45, 7) is 15.4. The Morgan fingerprint density at radius 2 is 1.05 bits per heavy atom. The number of nitrogens with one attached hydrogen (secondary N) is 1. The monoisotopic (exact) mass is 594 g/mol. The van der Waals surface area contributed by atoms with Gasteiger partial charge in [-0.05, 0) is 114 Å². The van der Waals surface area contributed by atoms with Crippen molar-refractivity contribution >= 4 is 45.9 Å². The number of halogens is 1. The largest absolute Gasteiger partial charge is 0.516 e. The Hall–Kier alpha value is -3.70. The van der Waals surface area contributed by atoms with Gasteiger partial charge in [0.05, 0.1) is 45.5 Å². The minimum absolute atomic E-state index is 0.480. The summed E-state index contributed by atoms with van der Waals surface area (Å²) in [5.41, 5.74) is 15.6. The van der Waals surface area contributed by atoms with E-state index in [-0.39, 0.29) is 0 Å². The lowest BCUT2D eigenvalue weighted by Crippen LogP contribution is -2.27. The van der Waals surface area contributed by atoms with Crippen LogP contribution in [0.3, 0.4) is 0 Å². The van der Waals surface area contributed by atoms with E-state index in [1.807, 2.05) is 0 Å². The zero-order valence-corrected chi connectivity index (χ0v) is 27.3. The summed E-state index contributed by atoms with van der Waals surface area (Å²) in [7, 11) is 0. The molecule has 224 valence electrons. The van der Waals surface area contributed by atoms with Gasteiger partial charge < -0.3 is 10.1 Å². The molecule has 0 atom stereocenters. The molecule has 4 aliphatic heterocycles. The van der Waals surface area contributed by atoms with Gasteiger partial charge in [-0.2, -0.15) is 0 Å². The van der Waals surface area contributed by atoms with Crippen molar-refractivity contribution < 1.29 is 5.11 Å². The van der Waals surface area contributed by atoms with E-state index >= 15 is 0 Å². The normalized spacial score (nSPS) is 19.1. The molecule has 0 amide bonds. The number of allylic oxidation sites excluding steroid dienone is 9. The van der Waals surface area contributed by atoms with Gasteiger partial charge in [-0.25, -0.2) is 15.0 Å². The van der Waals surface area contributed by atoms with Gasteiger partial charge in [0.15, 0.2) is 0 Å². The van der Waals surface area contributed by atoms with E-state index < -0.39 is 0 Å². The summed E-state index contributed by atoms with van der Waals surface area (Å²) in [6.07, 6.45) is 17.4. The van der Waals surface area contributed by atoms with Crippen molar-refractivity contribution in [3.8, 4) is 0 Å². The second-order valence-corrected chi connectivity index (χ2v) is 11.4. The van der Waals surface area contributed by atoms with Gasteiger partial charge in [0.1, 0.15) is 0 Å². The first-order chi connectivity index (χ1) is 20.9. The van der Waals surface area contributed by atoms with Crippen LogP contribution in [0.2, 0.25) is 0 Å². The summed E-state index contributed by atoms with van der Waals surface area (Å²) in [4.78, 5) is 19.4. The number of rotatable bonds is 8. The van der Waals surface area contributed by atoms with Gasteiger partial charge in [-0.1, -0.05) is 60.1 Å². The van der Waals surface area contributed by atoms with Crippen molar-refractivity contribution in [3.05, 3.63) is 96.8 Å². The minimum Gasteiger partial charge on any atom is -0.516 e. The fraction of sp³-hybridized carbons (Fsp3) is 0.378. The molecule has 5 rings (SSSR count). The van der Waals surface area contributed by atoms with Crippen LogP contribution in [0, 0.1) is 0 Å². The molecule has 0 saturated heterocycles. The topological polar surface area (TPSA) is 73.1 Å². The zero-order valence-electron chi connectivity index (χ0n) is 26.6. The van der Waals surface area contributed by atoms with Crippen molar-refractivity contribution in [2.45, 2.75) is 93.4 Å². The molecule has 5 nitrogen and oxygen atoms in total. The summed E-state index contributed by atoms with van der Waals surface area (Å²) >= 11 is 6.85. The molecule has 4 aliphatic rings. The van der Waals surface area contributed by atoms with Crippen molar-refractivity contribution in [2.24, 2.45) is 15.0 Å². The Kier molecular flexibility index (Phi) is 9.22. The lowest BCUT2D eigenvalue weighted by atomic mass is 9.95. The third kappa shape index (κ3) is 5.33. The highest BCUT2D eigenvalue weighted by molar-refractivity contribution is 6.47. The predicted molar refractivity (Wildman–Crippen MR) is 184 cm³/mol. The molecule has 0 fully saturated rings. The van der Waals surface area contributed by atoms with Crippen LogP contribution in [0.5, 0.6) is 0 Å². The third-order valence-corrected chi connectivity index (χ3v) is 9.19. The van der Waals surface area contributed by atoms with E-state index in [0.717, 1.165) is 107 Å². The number of hydrogen-bond donors (Lipinski definition) is 2. The lowest BCUT2D eigenvalue weighted by Gasteiger charge is -2.07. The maximum Gasteiger partial charge on any atom is 0.0806 e. The number of aliphatic hydroxyl groups excluding tert-OH is 1. The van der Waals surface area contributed by atoms with E-state index in [0.29, 0.717) is 5.03 Å². The minimum atomic E-state index is 0.480. The number of aromatic nitrogens is 1. The SMILES string of the molecule is CCC1=C(CC)C2=NC1=CC1=NC(=Cc3[nH]c(/c(=C(Cl)/C=C\O)c3CC)=CC3=NC(=C2)C(CC)=C3CC)C(CC)=C1CC. The van der Waals surface area contributed by atoms with Gasteiger partial charge in [-0.15, -0.1) is 0 Å². The third-order valence-electron chi connectivity index (χ3n) is 8.88. The molecule has 2 N–H and O–H groups in total. The maximum atomic E-state index is 9.63. The quantitative estimate of drug-likeness (QED) is 0.291. The Morgan fingerprint density at radius 3 is 1.44 bits per heavy atom. The Bertz CT molecular complexity index is 1810. The van der Waals surface area contributed by atoms with Gasteiger partial charge in [0.25, 0.3) is 0 Å². The molecule has 1 aromatic heterocycles. The molecule has 1 aromatic rings. The van der Waals surface area contributed by atoms with Crippen LogP contribution in [-0.2, 0) is 6.42 Å². The Balaban J connectivity index is 1.95. The van der Waals surface area contributed by atoms with Crippen molar-refractivity contribution in [3.63, 3.8) is 0 Å². The first kappa shape index (κ1) is 30.7. The Labute approximate surface area is 260 Å². The second-order valence-electron chi connectivity index (χ2n) is 11.0. The molecule has 6 heteroatoms. The van der Waals surface area contributed by atoms with E-state index in [1.54, 1.807) is 6.08 Å².